The minimum atomic E-state index is -0.503. The number of hydrogen-bond donors (Lipinski definition) is 2. The first kappa shape index (κ1) is 16.9. The van der Waals surface area contributed by atoms with Crippen molar-refractivity contribution in [3.63, 3.8) is 0 Å². The third-order valence-corrected chi connectivity index (χ3v) is 3.56. The lowest BCUT2D eigenvalue weighted by atomic mass is 9.90. The highest BCUT2D eigenvalue weighted by molar-refractivity contribution is 7.59. The summed E-state index contributed by atoms with van der Waals surface area (Å²) in [7, 11) is 3.28. The fourth-order valence-corrected chi connectivity index (χ4v) is 2.52. The summed E-state index contributed by atoms with van der Waals surface area (Å²) in [4.78, 5) is 0. The molecule has 0 fully saturated rings. The van der Waals surface area contributed by atoms with Gasteiger partial charge in [-0.25, -0.2) is 0 Å². The Hall–Kier alpha value is -1.17. The van der Waals surface area contributed by atoms with E-state index in [1.807, 2.05) is 12.1 Å². The maximum absolute atomic E-state index is 9.75. The first-order valence-corrected chi connectivity index (χ1v) is 6.48. The second-order valence-electron chi connectivity index (χ2n) is 4.70. The zero-order valence-electron chi connectivity index (χ0n) is 12.0. The Morgan fingerprint density at radius 2 is 2.05 bits per heavy atom. The predicted molar refractivity (Wildman–Crippen MR) is 85.2 cm³/mol. The van der Waals surface area contributed by atoms with Gasteiger partial charge in [0.15, 0.2) is 11.5 Å². The standard InChI is InChI=1S/C15H21NO3.H2S/c1-4-11(17)8-13-12-9-15(19-3)14(18-2)7-10(12)5-6-16-13;/h4,7,9,11,13,16-17H,1,5-6,8H2,2-3H3;1H2/t11?,13-;/m0./s1. The van der Waals surface area contributed by atoms with E-state index in [1.165, 1.54) is 11.1 Å². The van der Waals surface area contributed by atoms with Gasteiger partial charge in [0.1, 0.15) is 0 Å². The Morgan fingerprint density at radius 1 is 1.40 bits per heavy atom. The molecule has 0 saturated heterocycles. The first-order chi connectivity index (χ1) is 9.19. The van der Waals surface area contributed by atoms with Crippen LogP contribution in [-0.4, -0.2) is 32.0 Å². The van der Waals surface area contributed by atoms with E-state index in [9.17, 15) is 5.11 Å². The molecule has 2 N–H and O–H groups in total. The Bertz CT molecular complexity index is 465. The Morgan fingerprint density at radius 3 is 2.65 bits per heavy atom. The molecule has 2 rings (SSSR count). The van der Waals surface area contributed by atoms with Gasteiger partial charge in [-0.05, 0) is 42.6 Å². The number of benzene rings is 1. The molecule has 1 aliphatic heterocycles. The molecule has 1 aliphatic rings. The van der Waals surface area contributed by atoms with Crippen LogP contribution in [0.5, 0.6) is 11.5 Å². The van der Waals surface area contributed by atoms with E-state index in [2.05, 4.69) is 11.9 Å². The average Bonchev–Trinajstić information content (AvgIpc) is 2.45. The highest BCUT2D eigenvalue weighted by Crippen LogP contribution is 2.36. The van der Waals surface area contributed by atoms with Crippen molar-refractivity contribution in [1.82, 2.24) is 5.32 Å². The number of fused-ring (bicyclic) bond motifs is 1. The highest BCUT2D eigenvalue weighted by Gasteiger charge is 2.23. The van der Waals surface area contributed by atoms with E-state index in [-0.39, 0.29) is 19.5 Å². The molecule has 1 unspecified atom stereocenters. The van der Waals surface area contributed by atoms with Crippen LogP contribution in [0.3, 0.4) is 0 Å². The normalized spacial score (nSPS) is 18.4. The minimum absolute atomic E-state index is 0. The van der Waals surface area contributed by atoms with Gasteiger partial charge in [-0.2, -0.15) is 13.5 Å². The zero-order valence-corrected chi connectivity index (χ0v) is 13.0. The van der Waals surface area contributed by atoms with Gasteiger partial charge < -0.3 is 19.9 Å². The van der Waals surface area contributed by atoms with Crippen LogP contribution in [0.2, 0.25) is 0 Å². The summed E-state index contributed by atoms with van der Waals surface area (Å²) >= 11 is 0. The Kier molecular flexibility index (Phi) is 6.39. The fourth-order valence-electron chi connectivity index (χ4n) is 2.52. The van der Waals surface area contributed by atoms with Crippen LogP contribution in [0.15, 0.2) is 24.8 Å². The number of ether oxygens (including phenoxy) is 2. The number of aliphatic hydroxyl groups is 1. The van der Waals surface area contributed by atoms with Crippen LogP contribution in [0, 0.1) is 0 Å². The molecule has 1 heterocycles. The van der Waals surface area contributed by atoms with Crippen LogP contribution in [0.1, 0.15) is 23.6 Å². The lowest BCUT2D eigenvalue weighted by Gasteiger charge is -2.29. The molecule has 20 heavy (non-hydrogen) atoms. The van der Waals surface area contributed by atoms with Crippen LogP contribution in [0.4, 0.5) is 0 Å². The summed E-state index contributed by atoms with van der Waals surface area (Å²) in [5.74, 6) is 1.48. The van der Waals surface area contributed by atoms with Gasteiger partial charge in [0.25, 0.3) is 0 Å². The smallest absolute Gasteiger partial charge is 0.161 e. The molecule has 0 radical (unpaired) electrons. The molecule has 0 aromatic heterocycles. The summed E-state index contributed by atoms with van der Waals surface area (Å²) in [6, 6.07) is 4.15. The second kappa shape index (κ2) is 7.57. The number of hydrogen-bond acceptors (Lipinski definition) is 4. The van der Waals surface area contributed by atoms with E-state index >= 15 is 0 Å². The van der Waals surface area contributed by atoms with Crippen molar-refractivity contribution in [1.29, 1.82) is 0 Å². The molecular weight excluding hydrogens is 274 g/mol. The van der Waals surface area contributed by atoms with Crippen molar-refractivity contribution in [2.24, 2.45) is 0 Å². The third-order valence-electron chi connectivity index (χ3n) is 3.56. The van der Waals surface area contributed by atoms with Crippen molar-refractivity contribution in [2.45, 2.75) is 25.0 Å². The fraction of sp³-hybridized carbons (Fsp3) is 0.467. The van der Waals surface area contributed by atoms with Crippen molar-refractivity contribution in [2.75, 3.05) is 20.8 Å². The lowest BCUT2D eigenvalue weighted by molar-refractivity contribution is 0.193. The third kappa shape index (κ3) is 3.48. The van der Waals surface area contributed by atoms with E-state index in [4.69, 9.17) is 9.47 Å². The lowest BCUT2D eigenvalue weighted by Crippen LogP contribution is -2.32. The van der Waals surface area contributed by atoms with Gasteiger partial charge >= 0.3 is 0 Å². The van der Waals surface area contributed by atoms with Crippen LogP contribution < -0.4 is 14.8 Å². The van der Waals surface area contributed by atoms with Crippen molar-refractivity contribution < 1.29 is 14.6 Å². The molecule has 0 bridgehead atoms. The number of rotatable bonds is 5. The number of nitrogens with one attached hydrogen (secondary N) is 1. The van der Waals surface area contributed by atoms with Gasteiger partial charge in [-0.15, -0.1) is 6.58 Å². The summed E-state index contributed by atoms with van der Waals surface area (Å²) in [6.07, 6.45) is 2.63. The predicted octanol–water partition coefficient (Wildman–Crippen LogP) is 1.94. The van der Waals surface area contributed by atoms with E-state index < -0.39 is 6.10 Å². The van der Waals surface area contributed by atoms with Gasteiger partial charge in [0.2, 0.25) is 0 Å². The van der Waals surface area contributed by atoms with Crippen molar-refractivity contribution in [3.05, 3.63) is 35.9 Å². The van der Waals surface area contributed by atoms with Crippen molar-refractivity contribution in [3.8, 4) is 11.5 Å². The molecular formula is C15H23NO3S. The van der Waals surface area contributed by atoms with Crippen LogP contribution in [0.25, 0.3) is 0 Å². The van der Waals surface area contributed by atoms with Crippen LogP contribution in [-0.2, 0) is 6.42 Å². The molecule has 0 aliphatic carbocycles. The van der Waals surface area contributed by atoms with Gasteiger partial charge in [-0.1, -0.05) is 6.08 Å². The first-order valence-electron chi connectivity index (χ1n) is 6.48. The molecule has 4 nitrogen and oxygen atoms in total. The quantitative estimate of drug-likeness (QED) is 0.816. The van der Waals surface area contributed by atoms with Gasteiger partial charge in [0, 0.05) is 6.04 Å². The Balaban J connectivity index is 0.00000200. The molecule has 1 aromatic rings. The molecule has 1 aromatic carbocycles. The van der Waals surface area contributed by atoms with Crippen LogP contribution >= 0.6 is 13.5 Å². The summed E-state index contributed by atoms with van der Waals surface area (Å²) in [5, 5.41) is 13.2. The maximum Gasteiger partial charge on any atom is 0.161 e. The van der Waals surface area contributed by atoms with Gasteiger partial charge in [0.05, 0.1) is 20.3 Å². The van der Waals surface area contributed by atoms with E-state index in [0.29, 0.717) is 6.42 Å². The maximum atomic E-state index is 9.75. The zero-order chi connectivity index (χ0) is 13.8. The second-order valence-corrected chi connectivity index (χ2v) is 4.70. The largest absolute Gasteiger partial charge is 0.493 e. The molecule has 0 saturated carbocycles. The Labute approximate surface area is 127 Å². The molecule has 0 amide bonds. The van der Waals surface area contributed by atoms with E-state index in [0.717, 1.165) is 24.5 Å². The molecule has 112 valence electrons. The SMILES string of the molecule is C=CC(O)C[C@@H]1NCCc2cc(OC)c(OC)cc21.S. The van der Waals surface area contributed by atoms with Crippen molar-refractivity contribution >= 4 is 13.5 Å². The number of methoxy groups -OCH3 is 2. The summed E-state index contributed by atoms with van der Waals surface area (Å²) in [6.45, 7) is 4.52. The highest BCUT2D eigenvalue weighted by atomic mass is 32.1. The van der Waals surface area contributed by atoms with Gasteiger partial charge in [-0.3, -0.25) is 0 Å². The summed E-state index contributed by atoms with van der Waals surface area (Å²) in [5.41, 5.74) is 2.42. The molecule has 5 heteroatoms. The topological polar surface area (TPSA) is 50.7 Å². The molecule has 2 atom stereocenters. The summed E-state index contributed by atoms with van der Waals surface area (Å²) < 4.78 is 10.7. The average molecular weight is 297 g/mol. The number of aliphatic hydroxyl groups excluding tert-OH is 1. The molecule has 0 spiro atoms. The monoisotopic (exact) mass is 297 g/mol. The van der Waals surface area contributed by atoms with E-state index in [1.54, 1.807) is 20.3 Å². The minimum Gasteiger partial charge on any atom is -0.493 e.